The summed E-state index contributed by atoms with van der Waals surface area (Å²) in [5, 5.41) is 3.28. The lowest BCUT2D eigenvalue weighted by molar-refractivity contribution is 0.0613. The van der Waals surface area contributed by atoms with E-state index in [1.165, 1.54) is 19.3 Å². The van der Waals surface area contributed by atoms with Gasteiger partial charge in [0.1, 0.15) is 0 Å². The summed E-state index contributed by atoms with van der Waals surface area (Å²) in [5.74, 6) is 2.60. The smallest absolute Gasteiger partial charge is 0.0574 e. The molecule has 0 aromatic carbocycles. The van der Waals surface area contributed by atoms with Crippen LogP contribution in [0.2, 0.25) is 0 Å². The molecular formula is C10H18N2. The molecule has 0 unspecified atom stereocenters. The molecule has 2 nitrogen and oxygen atoms in total. The Bertz CT molecular complexity index is 175. The van der Waals surface area contributed by atoms with Crippen molar-refractivity contribution in [2.24, 2.45) is 0 Å². The number of likely N-dealkylation sites (N-methyl/N-ethyl adjacent to an activating group) is 1. The summed E-state index contributed by atoms with van der Waals surface area (Å²) in [6, 6.07) is 0. The number of hydrogen-bond acceptors (Lipinski definition) is 2. The van der Waals surface area contributed by atoms with Gasteiger partial charge in [-0.1, -0.05) is 5.92 Å². The quantitative estimate of drug-likeness (QED) is 0.488. The molecule has 0 aromatic rings. The van der Waals surface area contributed by atoms with Gasteiger partial charge in [-0.2, -0.15) is 0 Å². The van der Waals surface area contributed by atoms with E-state index in [9.17, 15) is 0 Å². The van der Waals surface area contributed by atoms with Gasteiger partial charge in [0.05, 0.1) is 6.54 Å². The first kappa shape index (κ1) is 9.57. The molecule has 1 fully saturated rings. The van der Waals surface area contributed by atoms with Gasteiger partial charge in [-0.25, -0.2) is 0 Å². The van der Waals surface area contributed by atoms with Crippen molar-refractivity contribution in [3.05, 3.63) is 0 Å². The van der Waals surface area contributed by atoms with E-state index >= 15 is 0 Å². The van der Waals surface area contributed by atoms with Crippen LogP contribution in [0.15, 0.2) is 0 Å². The first-order valence-electron chi connectivity index (χ1n) is 4.53. The highest BCUT2D eigenvalue weighted by Crippen LogP contribution is 2.35. The van der Waals surface area contributed by atoms with Gasteiger partial charge in [-0.15, -0.1) is 6.42 Å². The molecule has 2 heteroatoms. The van der Waals surface area contributed by atoms with Crippen LogP contribution in [0, 0.1) is 12.3 Å². The van der Waals surface area contributed by atoms with Crippen molar-refractivity contribution >= 4 is 0 Å². The normalized spacial score (nSPS) is 20.2. The maximum atomic E-state index is 5.17. The molecule has 0 aromatic heterocycles. The number of nitrogens with one attached hydrogen (secondary N) is 1. The van der Waals surface area contributed by atoms with E-state index in [0.717, 1.165) is 6.54 Å². The van der Waals surface area contributed by atoms with Crippen LogP contribution in [-0.2, 0) is 0 Å². The van der Waals surface area contributed by atoms with Crippen molar-refractivity contribution in [1.82, 2.24) is 10.2 Å². The fraction of sp³-hybridized carbons (Fsp3) is 0.800. The molecular weight excluding hydrogens is 148 g/mol. The van der Waals surface area contributed by atoms with E-state index in [0.29, 0.717) is 12.1 Å². The van der Waals surface area contributed by atoms with Gasteiger partial charge in [-0.3, -0.25) is 0 Å². The molecule has 0 heterocycles. The van der Waals surface area contributed by atoms with Gasteiger partial charge in [-0.05, 0) is 33.4 Å². The van der Waals surface area contributed by atoms with Crippen molar-refractivity contribution in [1.29, 1.82) is 0 Å². The Kier molecular flexibility index (Phi) is 3.13. The molecule has 1 rings (SSSR count). The van der Waals surface area contributed by atoms with Crippen LogP contribution in [0.1, 0.15) is 19.3 Å². The van der Waals surface area contributed by atoms with Crippen molar-refractivity contribution in [3.63, 3.8) is 0 Å². The SMILES string of the molecule is C#CCNCC1(N(C)C)CCC1. The zero-order valence-corrected chi connectivity index (χ0v) is 8.06. The van der Waals surface area contributed by atoms with Crippen molar-refractivity contribution in [2.45, 2.75) is 24.8 Å². The minimum atomic E-state index is 0.400. The molecule has 0 spiro atoms. The zero-order valence-electron chi connectivity index (χ0n) is 8.06. The lowest BCUT2D eigenvalue weighted by Crippen LogP contribution is -2.56. The highest BCUT2D eigenvalue weighted by Gasteiger charge is 2.38. The van der Waals surface area contributed by atoms with Crippen LogP contribution < -0.4 is 5.32 Å². The Balaban J connectivity index is 2.31. The van der Waals surface area contributed by atoms with E-state index in [-0.39, 0.29) is 0 Å². The van der Waals surface area contributed by atoms with Gasteiger partial charge < -0.3 is 10.2 Å². The summed E-state index contributed by atoms with van der Waals surface area (Å²) in [7, 11) is 4.30. The topological polar surface area (TPSA) is 15.3 Å². The van der Waals surface area contributed by atoms with Crippen LogP contribution in [0.5, 0.6) is 0 Å². The highest BCUT2D eigenvalue weighted by molar-refractivity contribution is 4.99. The Labute approximate surface area is 75.3 Å². The van der Waals surface area contributed by atoms with E-state index in [4.69, 9.17) is 6.42 Å². The summed E-state index contributed by atoms with van der Waals surface area (Å²) < 4.78 is 0. The number of hydrogen-bond donors (Lipinski definition) is 1. The van der Waals surface area contributed by atoms with Gasteiger partial charge in [0.2, 0.25) is 0 Å². The second kappa shape index (κ2) is 3.93. The molecule has 68 valence electrons. The predicted molar refractivity (Wildman–Crippen MR) is 52.0 cm³/mol. The van der Waals surface area contributed by atoms with Crippen LogP contribution in [-0.4, -0.2) is 37.6 Å². The maximum absolute atomic E-state index is 5.17. The largest absolute Gasteiger partial charge is 0.304 e. The van der Waals surface area contributed by atoms with Crippen LogP contribution in [0.25, 0.3) is 0 Å². The third-order valence-electron chi connectivity index (χ3n) is 2.91. The molecule has 0 aliphatic heterocycles. The van der Waals surface area contributed by atoms with Crippen molar-refractivity contribution in [3.8, 4) is 12.3 Å². The third-order valence-corrected chi connectivity index (χ3v) is 2.91. The lowest BCUT2D eigenvalue weighted by atomic mass is 9.75. The van der Waals surface area contributed by atoms with Gasteiger partial charge in [0.25, 0.3) is 0 Å². The first-order chi connectivity index (χ1) is 5.71. The lowest BCUT2D eigenvalue weighted by Gasteiger charge is -2.47. The Morgan fingerprint density at radius 3 is 2.50 bits per heavy atom. The van der Waals surface area contributed by atoms with Crippen LogP contribution >= 0.6 is 0 Å². The summed E-state index contributed by atoms with van der Waals surface area (Å²) in [6.07, 6.45) is 9.13. The summed E-state index contributed by atoms with van der Waals surface area (Å²) in [4.78, 5) is 2.32. The number of terminal acetylenes is 1. The average Bonchev–Trinajstić information content (AvgIpc) is 1.94. The average molecular weight is 166 g/mol. The minimum Gasteiger partial charge on any atom is -0.304 e. The molecule has 1 saturated carbocycles. The van der Waals surface area contributed by atoms with Gasteiger partial charge in [0.15, 0.2) is 0 Å². The number of rotatable bonds is 4. The Hall–Kier alpha value is -0.520. The van der Waals surface area contributed by atoms with Gasteiger partial charge in [0, 0.05) is 12.1 Å². The van der Waals surface area contributed by atoms with E-state index in [1.54, 1.807) is 0 Å². The minimum absolute atomic E-state index is 0.400. The Morgan fingerprint density at radius 1 is 1.50 bits per heavy atom. The molecule has 0 atom stereocenters. The highest BCUT2D eigenvalue weighted by atomic mass is 15.2. The fourth-order valence-corrected chi connectivity index (χ4v) is 1.73. The number of nitrogens with zero attached hydrogens (tertiary/aromatic N) is 1. The third kappa shape index (κ3) is 1.80. The van der Waals surface area contributed by atoms with E-state index in [2.05, 4.69) is 30.2 Å². The molecule has 12 heavy (non-hydrogen) atoms. The molecule has 0 saturated heterocycles. The van der Waals surface area contributed by atoms with E-state index < -0.39 is 0 Å². The summed E-state index contributed by atoms with van der Waals surface area (Å²) >= 11 is 0. The second-order valence-corrected chi connectivity index (χ2v) is 3.78. The van der Waals surface area contributed by atoms with Crippen molar-refractivity contribution < 1.29 is 0 Å². The summed E-state index contributed by atoms with van der Waals surface area (Å²) in [6.45, 7) is 1.72. The predicted octanol–water partition coefficient (Wildman–Crippen LogP) is 0.693. The maximum Gasteiger partial charge on any atom is 0.0574 e. The zero-order chi connectivity index (χ0) is 9.03. The van der Waals surface area contributed by atoms with Gasteiger partial charge >= 0.3 is 0 Å². The van der Waals surface area contributed by atoms with Crippen LogP contribution in [0.3, 0.4) is 0 Å². The molecule has 0 radical (unpaired) electrons. The molecule has 0 bridgehead atoms. The molecule has 1 aliphatic rings. The summed E-state index contributed by atoms with van der Waals surface area (Å²) in [5.41, 5.74) is 0.400. The second-order valence-electron chi connectivity index (χ2n) is 3.78. The molecule has 1 N–H and O–H groups in total. The fourth-order valence-electron chi connectivity index (χ4n) is 1.73. The van der Waals surface area contributed by atoms with Crippen LogP contribution in [0.4, 0.5) is 0 Å². The standard InChI is InChI=1S/C10H18N2/c1-4-8-11-9-10(12(2)3)6-5-7-10/h1,11H,5-9H2,2-3H3. The van der Waals surface area contributed by atoms with E-state index in [1.807, 2.05) is 0 Å². The monoisotopic (exact) mass is 166 g/mol. The Morgan fingerprint density at radius 2 is 2.17 bits per heavy atom. The first-order valence-corrected chi connectivity index (χ1v) is 4.53. The van der Waals surface area contributed by atoms with Crippen molar-refractivity contribution in [2.75, 3.05) is 27.2 Å². The molecule has 1 aliphatic carbocycles. The molecule has 0 amide bonds.